The van der Waals surface area contributed by atoms with E-state index in [1.54, 1.807) is 35.0 Å². The van der Waals surface area contributed by atoms with Crippen LogP contribution in [0.2, 0.25) is 0 Å². The SMILES string of the molecule is OCc1cccc(-c2cc(NCCC(F)(F)F)c3ncc(-c4ccc(C(=S)NC5CC5)cc4)n3n2)c1. The van der Waals surface area contributed by atoms with Crippen LogP contribution in [0.25, 0.3) is 28.2 Å². The third-order valence-corrected chi connectivity index (χ3v) is 6.31. The van der Waals surface area contributed by atoms with E-state index in [-0.39, 0.29) is 13.2 Å². The number of nitrogens with one attached hydrogen (secondary N) is 2. The van der Waals surface area contributed by atoms with Crippen LogP contribution in [0, 0.1) is 0 Å². The van der Waals surface area contributed by atoms with E-state index in [0.29, 0.717) is 39.3 Å². The van der Waals surface area contributed by atoms with Crippen LogP contribution >= 0.6 is 12.2 Å². The van der Waals surface area contributed by atoms with Crippen LogP contribution < -0.4 is 10.6 Å². The Kier molecular flexibility index (Phi) is 6.63. The molecule has 0 bridgehead atoms. The molecule has 0 saturated heterocycles. The standard InChI is InChI=1S/C26H24F3N5OS/c27-26(28,29)10-11-30-22-13-21(19-3-1-2-16(12-19)15-35)33-34-23(14-31-24(22)34)17-4-6-18(7-5-17)25(36)32-20-8-9-20/h1-7,12-14,20,30,35H,8-11,15H2,(H,32,36). The fourth-order valence-electron chi connectivity index (χ4n) is 3.89. The summed E-state index contributed by atoms with van der Waals surface area (Å²) in [6, 6.07) is 17.1. The number of aliphatic hydroxyl groups is 1. The Labute approximate surface area is 211 Å². The molecular formula is C26H24F3N5OS. The zero-order valence-corrected chi connectivity index (χ0v) is 20.0. The smallest absolute Gasteiger partial charge is 0.390 e. The van der Waals surface area contributed by atoms with Gasteiger partial charge in [0, 0.05) is 29.3 Å². The topological polar surface area (TPSA) is 74.5 Å². The predicted molar refractivity (Wildman–Crippen MR) is 137 cm³/mol. The van der Waals surface area contributed by atoms with Crippen LogP contribution in [-0.4, -0.2) is 43.5 Å². The number of benzene rings is 2. The zero-order valence-electron chi connectivity index (χ0n) is 19.2. The number of anilines is 1. The van der Waals surface area contributed by atoms with Gasteiger partial charge in [0.25, 0.3) is 0 Å². The molecule has 2 aromatic heterocycles. The van der Waals surface area contributed by atoms with Gasteiger partial charge in [-0.1, -0.05) is 54.7 Å². The average molecular weight is 512 g/mol. The maximum atomic E-state index is 12.8. The fraction of sp³-hybridized carbons (Fsp3) is 0.269. The summed E-state index contributed by atoms with van der Waals surface area (Å²) < 4.78 is 40.0. The minimum atomic E-state index is -4.27. The van der Waals surface area contributed by atoms with Crippen LogP contribution in [0.15, 0.2) is 60.8 Å². The molecule has 0 radical (unpaired) electrons. The Hall–Kier alpha value is -3.50. The quantitative estimate of drug-likeness (QED) is 0.277. The Balaban J connectivity index is 1.53. The van der Waals surface area contributed by atoms with Gasteiger partial charge in [-0.25, -0.2) is 9.50 Å². The van der Waals surface area contributed by atoms with Crippen molar-refractivity contribution >= 4 is 28.5 Å². The van der Waals surface area contributed by atoms with Crippen molar-refractivity contribution in [3.8, 4) is 22.5 Å². The van der Waals surface area contributed by atoms with E-state index in [1.165, 1.54) is 0 Å². The Bertz CT molecular complexity index is 1400. The van der Waals surface area contributed by atoms with Gasteiger partial charge in [0.15, 0.2) is 5.65 Å². The lowest BCUT2D eigenvalue weighted by atomic mass is 10.1. The number of alkyl halides is 3. The highest BCUT2D eigenvalue weighted by molar-refractivity contribution is 7.80. The molecule has 0 unspecified atom stereocenters. The average Bonchev–Trinajstić information content (AvgIpc) is 3.58. The molecule has 0 atom stereocenters. The van der Waals surface area contributed by atoms with Crippen molar-refractivity contribution in [2.75, 3.05) is 11.9 Å². The highest BCUT2D eigenvalue weighted by Gasteiger charge is 2.26. The number of aliphatic hydroxyl groups excluding tert-OH is 1. The number of thiocarbonyl (C=S) groups is 1. The first-order valence-electron chi connectivity index (χ1n) is 11.6. The molecule has 36 heavy (non-hydrogen) atoms. The highest BCUT2D eigenvalue weighted by Crippen LogP contribution is 2.30. The molecule has 1 aliphatic rings. The summed E-state index contributed by atoms with van der Waals surface area (Å²) >= 11 is 5.49. The van der Waals surface area contributed by atoms with Crippen molar-refractivity contribution in [3.63, 3.8) is 0 Å². The Morgan fingerprint density at radius 3 is 2.56 bits per heavy atom. The van der Waals surface area contributed by atoms with Gasteiger partial charge < -0.3 is 15.7 Å². The van der Waals surface area contributed by atoms with E-state index in [0.717, 1.165) is 29.5 Å². The van der Waals surface area contributed by atoms with Crippen LogP contribution in [0.4, 0.5) is 18.9 Å². The van der Waals surface area contributed by atoms with Crippen LogP contribution in [0.3, 0.4) is 0 Å². The molecule has 3 N–H and O–H groups in total. The van der Waals surface area contributed by atoms with Gasteiger partial charge in [-0.2, -0.15) is 18.3 Å². The van der Waals surface area contributed by atoms with E-state index in [4.69, 9.17) is 17.3 Å². The van der Waals surface area contributed by atoms with Crippen LogP contribution in [0.1, 0.15) is 30.4 Å². The van der Waals surface area contributed by atoms with Gasteiger partial charge >= 0.3 is 6.18 Å². The van der Waals surface area contributed by atoms with E-state index in [9.17, 15) is 18.3 Å². The molecule has 0 amide bonds. The molecule has 2 aromatic carbocycles. The summed E-state index contributed by atoms with van der Waals surface area (Å²) in [5, 5.41) is 20.5. The maximum Gasteiger partial charge on any atom is 0.390 e. The highest BCUT2D eigenvalue weighted by atomic mass is 32.1. The number of nitrogens with zero attached hydrogens (tertiary/aromatic N) is 3. The van der Waals surface area contributed by atoms with E-state index < -0.39 is 12.6 Å². The van der Waals surface area contributed by atoms with Gasteiger partial charge in [-0.15, -0.1) is 0 Å². The number of aromatic nitrogens is 3. The third kappa shape index (κ3) is 5.50. The molecule has 1 saturated carbocycles. The lowest BCUT2D eigenvalue weighted by molar-refractivity contribution is -0.131. The molecule has 1 fully saturated rings. The number of imidazole rings is 1. The summed E-state index contributed by atoms with van der Waals surface area (Å²) in [6.07, 6.45) is -1.32. The summed E-state index contributed by atoms with van der Waals surface area (Å²) in [4.78, 5) is 5.17. The minimum Gasteiger partial charge on any atom is -0.392 e. The van der Waals surface area contributed by atoms with Crippen molar-refractivity contribution < 1.29 is 18.3 Å². The molecular weight excluding hydrogens is 487 g/mol. The van der Waals surface area contributed by atoms with Gasteiger partial charge in [0.1, 0.15) is 4.99 Å². The van der Waals surface area contributed by atoms with Gasteiger partial charge in [-0.3, -0.25) is 0 Å². The van der Waals surface area contributed by atoms with E-state index in [1.807, 2.05) is 30.3 Å². The van der Waals surface area contributed by atoms with Crippen molar-refractivity contribution in [2.45, 2.75) is 38.1 Å². The molecule has 5 rings (SSSR count). The molecule has 1 aliphatic carbocycles. The second-order valence-electron chi connectivity index (χ2n) is 8.80. The number of hydrogen-bond acceptors (Lipinski definition) is 5. The first-order chi connectivity index (χ1) is 17.3. The molecule has 0 spiro atoms. The summed E-state index contributed by atoms with van der Waals surface area (Å²) in [6.45, 7) is -0.422. The molecule has 10 heteroatoms. The van der Waals surface area contributed by atoms with Gasteiger partial charge in [0.2, 0.25) is 0 Å². The monoisotopic (exact) mass is 511 g/mol. The summed E-state index contributed by atoms with van der Waals surface area (Å²) in [5.41, 5.74) is 5.29. The number of halogens is 3. The first-order valence-corrected chi connectivity index (χ1v) is 12.0. The normalized spacial score (nSPS) is 13.7. The van der Waals surface area contributed by atoms with Gasteiger partial charge in [-0.05, 0) is 30.5 Å². The number of fused-ring (bicyclic) bond motifs is 1. The lowest BCUT2D eigenvalue weighted by Crippen LogP contribution is -2.24. The van der Waals surface area contributed by atoms with Crippen molar-refractivity contribution in [1.82, 2.24) is 19.9 Å². The largest absolute Gasteiger partial charge is 0.392 e. The minimum absolute atomic E-state index is 0.132. The van der Waals surface area contributed by atoms with Crippen LogP contribution in [0.5, 0.6) is 0 Å². The Morgan fingerprint density at radius 1 is 1.08 bits per heavy atom. The molecule has 4 aromatic rings. The third-order valence-electron chi connectivity index (χ3n) is 5.95. The van der Waals surface area contributed by atoms with Crippen molar-refractivity contribution in [2.24, 2.45) is 0 Å². The number of rotatable bonds is 8. The van der Waals surface area contributed by atoms with Crippen molar-refractivity contribution in [1.29, 1.82) is 0 Å². The summed E-state index contributed by atoms with van der Waals surface area (Å²) in [7, 11) is 0. The van der Waals surface area contributed by atoms with Crippen molar-refractivity contribution in [3.05, 3.63) is 71.9 Å². The second kappa shape index (κ2) is 9.87. The lowest BCUT2D eigenvalue weighted by Gasteiger charge is -2.13. The molecule has 6 nitrogen and oxygen atoms in total. The maximum absolute atomic E-state index is 12.8. The van der Waals surface area contributed by atoms with E-state index >= 15 is 0 Å². The molecule has 186 valence electrons. The van der Waals surface area contributed by atoms with Crippen LogP contribution in [-0.2, 0) is 6.61 Å². The molecule has 0 aliphatic heterocycles. The van der Waals surface area contributed by atoms with E-state index in [2.05, 4.69) is 15.6 Å². The Morgan fingerprint density at radius 2 is 1.86 bits per heavy atom. The number of hydrogen-bond donors (Lipinski definition) is 3. The second-order valence-corrected chi connectivity index (χ2v) is 9.21. The first kappa shape index (κ1) is 24.2. The predicted octanol–water partition coefficient (Wildman–Crippen LogP) is 5.35. The molecule has 2 heterocycles. The van der Waals surface area contributed by atoms with Gasteiger partial charge in [0.05, 0.1) is 36.3 Å². The fourth-order valence-corrected chi connectivity index (χ4v) is 4.20. The summed E-state index contributed by atoms with van der Waals surface area (Å²) in [5.74, 6) is 0. The zero-order chi connectivity index (χ0) is 25.3.